The van der Waals surface area contributed by atoms with Crippen molar-refractivity contribution in [3.8, 4) is 0 Å². The van der Waals surface area contributed by atoms with Crippen LogP contribution < -0.4 is 5.32 Å². The fourth-order valence-electron chi connectivity index (χ4n) is 3.59. The summed E-state index contributed by atoms with van der Waals surface area (Å²) in [5, 5.41) is 4.27. The minimum absolute atomic E-state index is 0.00995. The standard InChI is InChI=1S/C19H41NO2Si2/c1-17(2,3)23(7,8)21-15-11-12-19(13-14-20-16(15)19)22-24(9,10)18(4,5)6/h15-16,20H,11-14H2,1-10H3/t15-,16+,19-/m0/s1. The van der Waals surface area contributed by atoms with Gasteiger partial charge >= 0.3 is 0 Å². The second kappa shape index (κ2) is 6.19. The van der Waals surface area contributed by atoms with Crippen LogP contribution in [0.3, 0.4) is 0 Å². The first-order valence-electron chi connectivity index (χ1n) is 9.73. The van der Waals surface area contributed by atoms with E-state index in [-0.39, 0.29) is 15.7 Å². The molecule has 0 unspecified atom stereocenters. The van der Waals surface area contributed by atoms with Crippen molar-refractivity contribution in [2.24, 2.45) is 0 Å². The van der Waals surface area contributed by atoms with Crippen molar-refractivity contribution in [1.82, 2.24) is 5.32 Å². The van der Waals surface area contributed by atoms with Crippen LogP contribution in [0.5, 0.6) is 0 Å². The molecular formula is C19H41NO2Si2. The van der Waals surface area contributed by atoms with E-state index in [1.54, 1.807) is 0 Å². The molecule has 5 heteroatoms. The fourth-order valence-corrected chi connectivity index (χ4v) is 6.61. The molecule has 1 N–H and O–H groups in total. The average molecular weight is 372 g/mol. The van der Waals surface area contributed by atoms with Gasteiger partial charge in [-0.1, -0.05) is 41.5 Å². The second-order valence-corrected chi connectivity index (χ2v) is 20.5. The molecule has 0 aromatic heterocycles. The van der Waals surface area contributed by atoms with Crippen molar-refractivity contribution in [1.29, 1.82) is 0 Å². The normalized spacial score (nSPS) is 32.2. The molecule has 24 heavy (non-hydrogen) atoms. The molecule has 3 nitrogen and oxygen atoms in total. The number of rotatable bonds is 4. The summed E-state index contributed by atoms with van der Waals surface area (Å²) in [4.78, 5) is 0. The van der Waals surface area contributed by atoms with Gasteiger partial charge in [0.25, 0.3) is 0 Å². The summed E-state index contributed by atoms with van der Waals surface area (Å²) in [6, 6.07) is 0.376. The number of hydrogen-bond acceptors (Lipinski definition) is 3. The number of hydrogen-bond donors (Lipinski definition) is 1. The van der Waals surface area contributed by atoms with Crippen LogP contribution in [0, 0.1) is 0 Å². The summed E-state index contributed by atoms with van der Waals surface area (Å²) < 4.78 is 13.8. The van der Waals surface area contributed by atoms with Crippen LogP contribution in [0.1, 0.15) is 60.8 Å². The Morgan fingerprint density at radius 1 is 0.875 bits per heavy atom. The lowest BCUT2D eigenvalue weighted by molar-refractivity contribution is 0.0383. The molecule has 0 spiro atoms. The molecule has 1 aliphatic carbocycles. The first-order chi connectivity index (χ1) is 10.6. The Labute approximate surface area is 152 Å². The first kappa shape index (κ1) is 20.6. The lowest BCUT2D eigenvalue weighted by Gasteiger charge is -2.45. The zero-order valence-electron chi connectivity index (χ0n) is 17.8. The number of nitrogens with one attached hydrogen (secondary N) is 1. The average Bonchev–Trinajstić information content (AvgIpc) is 2.86. The lowest BCUT2D eigenvalue weighted by Crippen LogP contribution is -2.56. The van der Waals surface area contributed by atoms with E-state index in [0.717, 1.165) is 25.8 Å². The maximum Gasteiger partial charge on any atom is 0.192 e. The number of fused-ring (bicyclic) bond motifs is 1. The lowest BCUT2D eigenvalue weighted by atomic mass is 9.98. The van der Waals surface area contributed by atoms with E-state index in [9.17, 15) is 0 Å². The maximum absolute atomic E-state index is 7.02. The quantitative estimate of drug-likeness (QED) is 0.681. The highest BCUT2D eigenvalue weighted by atomic mass is 28.4. The summed E-state index contributed by atoms with van der Waals surface area (Å²) in [6.45, 7) is 24.6. The minimum atomic E-state index is -1.77. The minimum Gasteiger partial charge on any atom is -0.412 e. The van der Waals surface area contributed by atoms with E-state index in [1.807, 2.05) is 0 Å². The summed E-state index contributed by atoms with van der Waals surface area (Å²) >= 11 is 0. The zero-order valence-corrected chi connectivity index (χ0v) is 19.8. The van der Waals surface area contributed by atoms with Gasteiger partial charge in [-0.25, -0.2) is 0 Å². The van der Waals surface area contributed by atoms with Crippen LogP contribution in [0.25, 0.3) is 0 Å². The van der Waals surface area contributed by atoms with Crippen molar-refractivity contribution in [2.75, 3.05) is 6.54 Å². The molecule has 2 rings (SSSR count). The topological polar surface area (TPSA) is 30.5 Å². The van der Waals surface area contributed by atoms with Gasteiger partial charge < -0.3 is 14.2 Å². The van der Waals surface area contributed by atoms with E-state index in [4.69, 9.17) is 8.85 Å². The summed E-state index contributed by atoms with van der Waals surface area (Å²) in [6.07, 6.45) is 3.75. The molecule has 2 aliphatic rings. The van der Waals surface area contributed by atoms with Gasteiger partial charge in [0.15, 0.2) is 16.6 Å². The second-order valence-electron chi connectivity index (χ2n) is 11.1. The van der Waals surface area contributed by atoms with Gasteiger partial charge in [-0.2, -0.15) is 0 Å². The predicted molar refractivity (Wildman–Crippen MR) is 109 cm³/mol. The molecule has 1 saturated heterocycles. The van der Waals surface area contributed by atoms with E-state index >= 15 is 0 Å². The highest BCUT2D eigenvalue weighted by Gasteiger charge is 2.57. The van der Waals surface area contributed by atoms with E-state index in [1.165, 1.54) is 0 Å². The van der Waals surface area contributed by atoms with Crippen LogP contribution in [0.15, 0.2) is 0 Å². The molecule has 0 radical (unpaired) electrons. The van der Waals surface area contributed by atoms with Crippen molar-refractivity contribution in [3.63, 3.8) is 0 Å². The fraction of sp³-hybridized carbons (Fsp3) is 1.00. The van der Waals surface area contributed by atoms with Crippen molar-refractivity contribution in [3.05, 3.63) is 0 Å². The van der Waals surface area contributed by atoms with Crippen LogP contribution in [0.2, 0.25) is 36.3 Å². The third kappa shape index (κ3) is 3.70. The molecule has 2 fully saturated rings. The molecule has 0 bridgehead atoms. The van der Waals surface area contributed by atoms with Crippen LogP contribution >= 0.6 is 0 Å². The van der Waals surface area contributed by atoms with Crippen molar-refractivity contribution in [2.45, 2.75) is 115 Å². The SMILES string of the molecule is CC(C)(C)[Si](C)(C)O[C@H]1CC[C@]2(O[Si](C)(C)C(C)(C)C)CCN[C@H]12. The van der Waals surface area contributed by atoms with Gasteiger partial charge in [-0.15, -0.1) is 0 Å². The molecule has 1 saturated carbocycles. The Kier molecular flexibility index (Phi) is 5.32. The Balaban J connectivity index is 2.18. The zero-order chi connectivity index (χ0) is 18.6. The van der Waals surface area contributed by atoms with E-state index in [2.05, 4.69) is 73.0 Å². The predicted octanol–water partition coefficient (Wildman–Crippen LogP) is 5.29. The molecule has 1 aliphatic heterocycles. The third-order valence-corrected chi connectivity index (χ3v) is 16.3. The van der Waals surface area contributed by atoms with Crippen LogP contribution in [-0.4, -0.2) is 40.9 Å². The van der Waals surface area contributed by atoms with Gasteiger partial charge in [0, 0.05) is 0 Å². The Bertz CT molecular complexity index is 465. The highest BCUT2D eigenvalue weighted by molar-refractivity contribution is 6.74. The van der Waals surface area contributed by atoms with Crippen LogP contribution in [0.4, 0.5) is 0 Å². The molecule has 0 amide bonds. The van der Waals surface area contributed by atoms with Gasteiger partial charge in [0.2, 0.25) is 0 Å². The Hall–Kier alpha value is 0.314. The molecule has 1 heterocycles. The maximum atomic E-state index is 7.02. The Morgan fingerprint density at radius 3 is 1.92 bits per heavy atom. The summed E-state index contributed by atoms with van der Waals surface area (Å²) in [5.74, 6) is 0. The van der Waals surface area contributed by atoms with Gasteiger partial charge in [-0.05, 0) is 62.1 Å². The van der Waals surface area contributed by atoms with E-state index < -0.39 is 16.6 Å². The van der Waals surface area contributed by atoms with Gasteiger partial charge in [0.1, 0.15) is 0 Å². The van der Waals surface area contributed by atoms with Gasteiger partial charge in [0.05, 0.1) is 17.7 Å². The monoisotopic (exact) mass is 371 g/mol. The molecular weight excluding hydrogens is 330 g/mol. The third-order valence-electron chi connectivity index (χ3n) is 7.22. The first-order valence-corrected chi connectivity index (χ1v) is 15.5. The molecule has 0 aromatic carbocycles. The summed E-state index contributed by atoms with van der Waals surface area (Å²) in [5.41, 5.74) is 0.00995. The van der Waals surface area contributed by atoms with Crippen LogP contribution in [-0.2, 0) is 8.85 Å². The molecule has 142 valence electrons. The van der Waals surface area contributed by atoms with E-state index in [0.29, 0.717) is 12.1 Å². The molecule has 3 atom stereocenters. The highest BCUT2D eigenvalue weighted by Crippen LogP contribution is 2.49. The Morgan fingerprint density at radius 2 is 1.42 bits per heavy atom. The smallest absolute Gasteiger partial charge is 0.192 e. The molecule has 0 aromatic rings. The summed E-state index contributed by atoms with van der Waals surface area (Å²) in [7, 11) is -3.52. The van der Waals surface area contributed by atoms with Gasteiger partial charge in [-0.3, -0.25) is 0 Å². The largest absolute Gasteiger partial charge is 0.412 e. The van der Waals surface area contributed by atoms with Crippen molar-refractivity contribution >= 4 is 16.6 Å². The van der Waals surface area contributed by atoms with Crippen molar-refractivity contribution < 1.29 is 8.85 Å².